The summed E-state index contributed by atoms with van der Waals surface area (Å²) >= 11 is 6.60. The van der Waals surface area contributed by atoms with E-state index in [-0.39, 0.29) is 17.2 Å². The molecule has 108 valence electrons. The van der Waals surface area contributed by atoms with Crippen molar-refractivity contribution in [3.05, 3.63) is 62.0 Å². The Morgan fingerprint density at radius 1 is 1.05 bits per heavy atom. The lowest BCUT2D eigenvalue weighted by Crippen LogP contribution is -2.15. The highest BCUT2D eigenvalue weighted by Crippen LogP contribution is 2.24. The summed E-state index contributed by atoms with van der Waals surface area (Å²) in [6.45, 7) is 1.92. The molecule has 0 saturated heterocycles. The topological polar surface area (TPSA) is 66.4 Å². The summed E-state index contributed by atoms with van der Waals surface area (Å²) < 4.78 is 1.35. The van der Waals surface area contributed by atoms with Crippen LogP contribution in [0.3, 0.4) is 0 Å². The summed E-state index contributed by atoms with van der Waals surface area (Å²) in [4.78, 5) is 23.5. The summed E-state index contributed by atoms with van der Waals surface area (Å²) in [5.74, 6) is -1.47. The number of carbonyl (C=O) groups excluding carboxylic acids is 1. The minimum Gasteiger partial charge on any atom is -0.478 e. The van der Waals surface area contributed by atoms with Gasteiger partial charge in [-0.15, -0.1) is 0 Å². The van der Waals surface area contributed by atoms with Gasteiger partial charge in [0.15, 0.2) is 0 Å². The Bertz CT molecular complexity index is 729. The van der Waals surface area contributed by atoms with Crippen LogP contribution in [0.5, 0.6) is 0 Å². The molecule has 0 aliphatic rings. The Hall–Kier alpha value is -1.66. The van der Waals surface area contributed by atoms with Gasteiger partial charge in [-0.25, -0.2) is 4.79 Å². The van der Waals surface area contributed by atoms with Crippen LogP contribution in [0.2, 0.25) is 0 Å². The van der Waals surface area contributed by atoms with Crippen molar-refractivity contribution in [2.24, 2.45) is 0 Å². The zero-order valence-electron chi connectivity index (χ0n) is 11.0. The van der Waals surface area contributed by atoms with Crippen LogP contribution < -0.4 is 5.32 Å². The Balaban J connectivity index is 2.35. The second kappa shape index (κ2) is 6.41. The molecule has 0 aromatic heterocycles. The van der Waals surface area contributed by atoms with Crippen molar-refractivity contribution in [2.45, 2.75) is 6.92 Å². The number of amides is 1. The minimum absolute atomic E-state index is 0.0368. The zero-order chi connectivity index (χ0) is 15.6. The number of benzene rings is 2. The maximum absolute atomic E-state index is 12.3. The fourth-order valence-electron chi connectivity index (χ4n) is 1.80. The van der Waals surface area contributed by atoms with Crippen LogP contribution in [-0.2, 0) is 0 Å². The fraction of sp³-hybridized carbons (Fsp3) is 0.0667. The van der Waals surface area contributed by atoms with Gasteiger partial charge in [-0.05, 0) is 58.7 Å². The van der Waals surface area contributed by atoms with Gasteiger partial charge in [0.1, 0.15) is 0 Å². The first-order valence-corrected chi connectivity index (χ1v) is 7.57. The number of rotatable bonds is 3. The number of hydrogen-bond acceptors (Lipinski definition) is 2. The zero-order valence-corrected chi connectivity index (χ0v) is 14.2. The molecular formula is C15H11Br2NO3. The van der Waals surface area contributed by atoms with E-state index in [4.69, 9.17) is 5.11 Å². The predicted molar refractivity (Wildman–Crippen MR) is 87.9 cm³/mol. The van der Waals surface area contributed by atoms with E-state index in [1.165, 1.54) is 6.07 Å². The first kappa shape index (κ1) is 15.7. The molecule has 0 heterocycles. The Morgan fingerprint density at radius 3 is 2.33 bits per heavy atom. The molecule has 21 heavy (non-hydrogen) atoms. The largest absolute Gasteiger partial charge is 0.478 e. The lowest BCUT2D eigenvalue weighted by atomic mass is 10.1. The number of hydrogen-bond donors (Lipinski definition) is 2. The van der Waals surface area contributed by atoms with Crippen molar-refractivity contribution in [3.63, 3.8) is 0 Å². The van der Waals surface area contributed by atoms with Crippen LogP contribution in [0.1, 0.15) is 26.3 Å². The Morgan fingerprint density at radius 2 is 1.71 bits per heavy atom. The third-order valence-electron chi connectivity index (χ3n) is 2.83. The monoisotopic (exact) mass is 411 g/mol. The summed E-state index contributed by atoms with van der Waals surface area (Å²) in [6, 6.07) is 9.94. The summed E-state index contributed by atoms with van der Waals surface area (Å²) in [6.07, 6.45) is 0. The quantitative estimate of drug-likeness (QED) is 0.781. The molecule has 2 N–H and O–H groups in total. The number of aromatic carboxylic acids is 1. The highest BCUT2D eigenvalue weighted by molar-refractivity contribution is 9.10. The van der Waals surface area contributed by atoms with Crippen LogP contribution >= 0.6 is 31.9 Å². The first-order valence-electron chi connectivity index (χ1n) is 5.99. The molecule has 0 atom stereocenters. The van der Waals surface area contributed by atoms with E-state index in [1.54, 1.807) is 18.2 Å². The maximum atomic E-state index is 12.3. The van der Waals surface area contributed by atoms with Gasteiger partial charge in [-0.3, -0.25) is 4.79 Å². The lowest BCUT2D eigenvalue weighted by Gasteiger charge is -2.10. The van der Waals surface area contributed by atoms with E-state index in [0.29, 0.717) is 14.5 Å². The third kappa shape index (κ3) is 3.71. The smallest absolute Gasteiger partial charge is 0.337 e. The highest BCUT2D eigenvalue weighted by atomic mass is 79.9. The van der Waals surface area contributed by atoms with Gasteiger partial charge in [0, 0.05) is 8.95 Å². The second-order valence-electron chi connectivity index (χ2n) is 4.43. The molecule has 0 aliphatic heterocycles. The average molecular weight is 413 g/mol. The van der Waals surface area contributed by atoms with E-state index >= 15 is 0 Å². The molecule has 0 bridgehead atoms. The number of carbonyl (C=O) groups is 2. The van der Waals surface area contributed by atoms with Gasteiger partial charge in [-0.2, -0.15) is 0 Å². The molecule has 0 unspecified atom stereocenters. The lowest BCUT2D eigenvalue weighted by molar-refractivity contribution is 0.0698. The number of anilines is 1. The van der Waals surface area contributed by atoms with Crippen molar-refractivity contribution < 1.29 is 14.7 Å². The van der Waals surface area contributed by atoms with Crippen molar-refractivity contribution in [1.29, 1.82) is 0 Å². The molecule has 2 aromatic rings. The minimum atomic E-state index is -1.10. The van der Waals surface area contributed by atoms with Crippen LogP contribution in [0, 0.1) is 6.92 Å². The molecule has 2 rings (SSSR count). The van der Waals surface area contributed by atoms with Crippen LogP contribution in [0.4, 0.5) is 5.69 Å². The molecule has 0 saturated carbocycles. The molecule has 0 fully saturated rings. The molecule has 2 aromatic carbocycles. The van der Waals surface area contributed by atoms with Crippen molar-refractivity contribution in [3.8, 4) is 0 Å². The van der Waals surface area contributed by atoms with Gasteiger partial charge < -0.3 is 10.4 Å². The number of nitrogens with one attached hydrogen (secondary N) is 1. The van der Waals surface area contributed by atoms with Gasteiger partial charge in [-0.1, -0.05) is 22.0 Å². The number of aryl methyl sites for hydroxylation is 1. The molecule has 0 aliphatic carbocycles. The molecular weight excluding hydrogens is 402 g/mol. The molecule has 4 nitrogen and oxygen atoms in total. The molecule has 0 radical (unpaired) electrons. The number of carboxylic acid groups (broad SMARTS) is 1. The molecule has 1 amide bonds. The van der Waals surface area contributed by atoms with Crippen molar-refractivity contribution in [1.82, 2.24) is 0 Å². The van der Waals surface area contributed by atoms with Crippen LogP contribution in [-0.4, -0.2) is 17.0 Å². The van der Waals surface area contributed by atoms with Crippen molar-refractivity contribution >= 4 is 49.4 Å². The number of halogens is 2. The summed E-state index contributed by atoms with van der Waals surface area (Å²) in [5.41, 5.74) is 1.74. The van der Waals surface area contributed by atoms with Gasteiger partial charge >= 0.3 is 5.97 Å². The fourth-order valence-corrected chi connectivity index (χ4v) is 2.83. The highest BCUT2D eigenvalue weighted by Gasteiger charge is 2.15. The SMILES string of the molecule is Cc1ccc(C(=O)Nc2cc(Br)ccc2C(=O)O)c(Br)c1. The predicted octanol–water partition coefficient (Wildman–Crippen LogP) is 4.47. The van der Waals surface area contributed by atoms with E-state index in [9.17, 15) is 9.59 Å². The van der Waals surface area contributed by atoms with Crippen LogP contribution in [0.15, 0.2) is 45.3 Å². The Kier molecular flexibility index (Phi) is 4.80. The summed E-state index contributed by atoms with van der Waals surface area (Å²) in [7, 11) is 0. The van der Waals surface area contributed by atoms with E-state index < -0.39 is 5.97 Å². The van der Waals surface area contributed by atoms with Gasteiger partial charge in [0.05, 0.1) is 16.8 Å². The second-order valence-corrected chi connectivity index (χ2v) is 6.20. The van der Waals surface area contributed by atoms with E-state index in [0.717, 1.165) is 5.56 Å². The molecule has 6 heteroatoms. The average Bonchev–Trinajstić information content (AvgIpc) is 2.37. The third-order valence-corrected chi connectivity index (χ3v) is 3.98. The maximum Gasteiger partial charge on any atom is 0.337 e. The normalized spacial score (nSPS) is 10.2. The van der Waals surface area contributed by atoms with E-state index in [1.807, 2.05) is 19.1 Å². The Labute approximate surface area is 138 Å². The van der Waals surface area contributed by atoms with E-state index in [2.05, 4.69) is 37.2 Å². The number of carboxylic acids is 1. The standard InChI is InChI=1S/C15H11Br2NO3/c1-8-2-4-10(12(17)6-8)14(19)18-13-7-9(16)3-5-11(13)15(20)21/h2-7H,1H3,(H,18,19)(H,20,21). The molecule has 0 spiro atoms. The van der Waals surface area contributed by atoms with Gasteiger partial charge in [0.25, 0.3) is 5.91 Å². The summed E-state index contributed by atoms with van der Waals surface area (Å²) in [5, 5.41) is 11.8. The van der Waals surface area contributed by atoms with Crippen LogP contribution in [0.25, 0.3) is 0 Å². The van der Waals surface area contributed by atoms with Gasteiger partial charge in [0.2, 0.25) is 0 Å². The first-order chi connectivity index (χ1) is 9.88. The van der Waals surface area contributed by atoms with Crippen molar-refractivity contribution in [2.75, 3.05) is 5.32 Å².